The van der Waals surface area contributed by atoms with Crippen molar-refractivity contribution >= 4 is 0 Å². The molecule has 0 fully saturated rings. The fourth-order valence-corrected chi connectivity index (χ4v) is 0.944. The molecule has 0 atom stereocenters. The molecule has 0 N–H and O–H groups in total. The summed E-state index contributed by atoms with van der Waals surface area (Å²) in [5, 5.41) is 0. The molecular weight excluding hydrogens is 143 g/mol. The van der Waals surface area contributed by atoms with Gasteiger partial charge in [0.05, 0.1) is 0 Å². The molecule has 0 aromatic heterocycles. The van der Waals surface area contributed by atoms with Crippen molar-refractivity contribution in [1.82, 2.24) is 0 Å². The van der Waals surface area contributed by atoms with Gasteiger partial charge in [0.15, 0.2) is 0 Å². The van der Waals surface area contributed by atoms with Crippen LogP contribution in [0, 0.1) is 0 Å². The Kier molecular flexibility index (Phi) is 5.57. The molecule has 0 amide bonds. The zero-order chi connectivity index (χ0) is 7.40. The van der Waals surface area contributed by atoms with E-state index in [0.29, 0.717) is 0 Å². The first-order valence-corrected chi connectivity index (χ1v) is 3.47. The van der Waals surface area contributed by atoms with Crippen molar-refractivity contribution in [2.24, 2.45) is 0 Å². The summed E-state index contributed by atoms with van der Waals surface area (Å²) in [5.41, 5.74) is 2.56. The van der Waals surface area contributed by atoms with Crippen LogP contribution in [0.15, 0.2) is 42.5 Å². The Balaban J connectivity index is 0. The normalized spacial score (nSPS) is 8.45. The Hall–Kier alpha value is -0.0400. The molecule has 0 nitrogen and oxygen atoms in total. The average Bonchev–Trinajstić information content (AvgIpc) is 1.88. The first-order chi connectivity index (χ1) is 4.79. The summed E-state index contributed by atoms with van der Waals surface area (Å²) in [5.74, 6) is 0. The summed E-state index contributed by atoms with van der Waals surface area (Å²) in [6.07, 6.45) is 1.00. The predicted octanol–water partition coefficient (Wildman–Crippen LogP) is -0.0783. The molecule has 0 saturated heterocycles. The zero-order valence-corrected chi connectivity index (χ0v) is 9.30. The molecule has 1 heteroatoms. The van der Waals surface area contributed by atoms with Gasteiger partial charge in [0.2, 0.25) is 0 Å². The molecule has 0 heterocycles. The molecule has 0 aliphatic heterocycles. The Labute approximate surface area is 92.1 Å². The largest absolute Gasteiger partial charge is 1.00 e. The average molecular weight is 156 g/mol. The Bertz CT molecular complexity index is 219. The van der Waals surface area contributed by atoms with E-state index in [1.54, 1.807) is 0 Å². The van der Waals surface area contributed by atoms with Gasteiger partial charge in [0.1, 0.15) is 0 Å². The van der Waals surface area contributed by atoms with Crippen LogP contribution < -0.4 is 29.6 Å². The third-order valence-electron chi connectivity index (χ3n) is 1.35. The molecule has 1 rings (SSSR count). The molecule has 0 saturated carbocycles. The van der Waals surface area contributed by atoms with Gasteiger partial charge in [-0.3, -0.25) is 0 Å². The van der Waals surface area contributed by atoms with E-state index in [9.17, 15) is 0 Å². The van der Waals surface area contributed by atoms with Gasteiger partial charge in [-0.05, 0) is 18.9 Å². The van der Waals surface area contributed by atoms with Crippen LogP contribution in [0.25, 0.3) is 0 Å². The van der Waals surface area contributed by atoms with E-state index in [0.717, 1.165) is 6.42 Å². The SMILES string of the molecule is C=C(C)Cc1ccccc1.[H-].[Na+]. The summed E-state index contributed by atoms with van der Waals surface area (Å²) in [6.45, 7) is 5.90. The molecule has 54 valence electrons. The van der Waals surface area contributed by atoms with Gasteiger partial charge >= 0.3 is 29.6 Å². The van der Waals surface area contributed by atoms with Crippen LogP contribution in [0.5, 0.6) is 0 Å². The van der Waals surface area contributed by atoms with E-state index in [2.05, 4.69) is 30.8 Å². The Morgan fingerprint density at radius 3 is 2.36 bits per heavy atom. The maximum Gasteiger partial charge on any atom is 1.00 e. The first kappa shape index (κ1) is 11.0. The van der Waals surface area contributed by atoms with Gasteiger partial charge in [-0.15, -0.1) is 0 Å². The van der Waals surface area contributed by atoms with Crippen LogP contribution in [0.4, 0.5) is 0 Å². The van der Waals surface area contributed by atoms with E-state index >= 15 is 0 Å². The van der Waals surface area contributed by atoms with Gasteiger partial charge in [0, 0.05) is 0 Å². The van der Waals surface area contributed by atoms with Crippen LogP contribution in [0.2, 0.25) is 0 Å². The van der Waals surface area contributed by atoms with Gasteiger partial charge in [-0.1, -0.05) is 42.5 Å². The van der Waals surface area contributed by atoms with Crippen LogP contribution >= 0.6 is 0 Å². The maximum atomic E-state index is 3.85. The predicted molar refractivity (Wildman–Crippen MR) is 46.1 cm³/mol. The molecule has 1 aromatic carbocycles. The second kappa shape index (κ2) is 5.59. The van der Waals surface area contributed by atoms with Crippen molar-refractivity contribution < 1.29 is 31.0 Å². The van der Waals surface area contributed by atoms with Gasteiger partial charge in [0.25, 0.3) is 0 Å². The summed E-state index contributed by atoms with van der Waals surface area (Å²) < 4.78 is 0. The van der Waals surface area contributed by atoms with Crippen molar-refractivity contribution in [2.45, 2.75) is 13.3 Å². The van der Waals surface area contributed by atoms with E-state index in [1.165, 1.54) is 11.1 Å². The quantitative estimate of drug-likeness (QED) is 0.415. The Morgan fingerprint density at radius 2 is 1.91 bits per heavy atom. The second-order valence-electron chi connectivity index (χ2n) is 2.62. The number of rotatable bonds is 2. The summed E-state index contributed by atoms with van der Waals surface area (Å²) in [6, 6.07) is 10.4. The van der Waals surface area contributed by atoms with E-state index in [4.69, 9.17) is 0 Å². The second-order valence-corrected chi connectivity index (χ2v) is 2.62. The van der Waals surface area contributed by atoms with Gasteiger partial charge in [-0.25, -0.2) is 0 Å². The monoisotopic (exact) mass is 156 g/mol. The number of hydrogen-bond acceptors (Lipinski definition) is 0. The van der Waals surface area contributed by atoms with Crippen LogP contribution in [-0.4, -0.2) is 0 Å². The number of hydrogen-bond donors (Lipinski definition) is 0. The van der Waals surface area contributed by atoms with Crippen molar-refractivity contribution in [3.63, 3.8) is 0 Å². The van der Waals surface area contributed by atoms with Crippen molar-refractivity contribution in [2.75, 3.05) is 0 Å². The van der Waals surface area contributed by atoms with Crippen molar-refractivity contribution in [3.8, 4) is 0 Å². The summed E-state index contributed by atoms with van der Waals surface area (Å²) in [7, 11) is 0. The topological polar surface area (TPSA) is 0 Å². The zero-order valence-electron chi connectivity index (χ0n) is 8.30. The number of allylic oxidation sites excluding steroid dienone is 1. The smallest absolute Gasteiger partial charge is 1.00 e. The molecule has 0 unspecified atom stereocenters. The van der Waals surface area contributed by atoms with Crippen LogP contribution in [0.3, 0.4) is 0 Å². The Morgan fingerprint density at radius 1 is 1.36 bits per heavy atom. The first-order valence-electron chi connectivity index (χ1n) is 3.47. The minimum absolute atomic E-state index is 0. The van der Waals surface area contributed by atoms with Gasteiger partial charge < -0.3 is 1.43 Å². The fraction of sp³-hybridized carbons (Fsp3) is 0.200. The molecule has 11 heavy (non-hydrogen) atoms. The summed E-state index contributed by atoms with van der Waals surface area (Å²) in [4.78, 5) is 0. The molecule has 0 aliphatic rings. The van der Waals surface area contributed by atoms with E-state index in [-0.39, 0.29) is 31.0 Å². The van der Waals surface area contributed by atoms with Crippen LogP contribution in [-0.2, 0) is 6.42 Å². The molecule has 0 aliphatic carbocycles. The minimum Gasteiger partial charge on any atom is -1.00 e. The number of benzene rings is 1. The molecule has 0 bridgehead atoms. The third kappa shape index (κ3) is 4.41. The van der Waals surface area contributed by atoms with Crippen LogP contribution in [0.1, 0.15) is 13.9 Å². The maximum absolute atomic E-state index is 3.85. The molecular formula is C10H13Na. The molecule has 1 aromatic rings. The molecule has 0 spiro atoms. The standard InChI is InChI=1S/C10H12.Na.H/c1-9(2)8-10-6-4-3-5-7-10;;/h3-7H,1,8H2,2H3;;/q;+1;-1. The van der Waals surface area contributed by atoms with E-state index in [1.807, 2.05) is 13.0 Å². The third-order valence-corrected chi connectivity index (χ3v) is 1.35. The van der Waals surface area contributed by atoms with E-state index < -0.39 is 0 Å². The van der Waals surface area contributed by atoms with Crippen molar-refractivity contribution in [3.05, 3.63) is 48.0 Å². The minimum atomic E-state index is 0. The molecule has 0 radical (unpaired) electrons. The van der Waals surface area contributed by atoms with Crippen molar-refractivity contribution in [1.29, 1.82) is 0 Å². The van der Waals surface area contributed by atoms with Gasteiger partial charge in [-0.2, -0.15) is 0 Å². The summed E-state index contributed by atoms with van der Waals surface area (Å²) >= 11 is 0. The fourth-order valence-electron chi connectivity index (χ4n) is 0.944.